The predicted molar refractivity (Wildman–Crippen MR) is 108 cm³/mol. The summed E-state index contributed by atoms with van der Waals surface area (Å²) in [4.78, 5) is 0. The van der Waals surface area contributed by atoms with E-state index >= 15 is 0 Å². The van der Waals surface area contributed by atoms with Gasteiger partial charge in [0.2, 0.25) is 0 Å². The third-order valence-corrected chi connectivity index (χ3v) is 5.85. The molecule has 0 fully saturated rings. The molecule has 0 bridgehead atoms. The fourth-order valence-corrected chi connectivity index (χ4v) is 4.25. The Morgan fingerprint density at radius 2 is 1.80 bits per heavy atom. The lowest BCUT2D eigenvalue weighted by atomic mass is 10.0. The zero-order valence-electron chi connectivity index (χ0n) is 15.1. The van der Waals surface area contributed by atoms with Gasteiger partial charge in [0.25, 0.3) is 0 Å². The minimum atomic E-state index is -0.148. The van der Waals surface area contributed by atoms with Gasteiger partial charge in [0.1, 0.15) is 0 Å². The zero-order valence-corrected chi connectivity index (χ0v) is 15.9. The van der Waals surface area contributed by atoms with E-state index in [1.807, 2.05) is 30.8 Å². The number of rotatable bonds is 7. The van der Waals surface area contributed by atoms with E-state index in [1.54, 1.807) is 0 Å². The van der Waals surface area contributed by atoms with Crippen LogP contribution in [0.4, 0.5) is 0 Å². The summed E-state index contributed by atoms with van der Waals surface area (Å²) in [5.41, 5.74) is 2.54. The first-order valence-electron chi connectivity index (χ1n) is 8.62. The Balaban J connectivity index is 1.92. The standard InChI is InChI=1S/C22H25NOS/c1-4-5-15-24-17-22(2,19-12-7-6-8-13-19)25-21-16-18-11-9-10-14-20(18)23(21)3/h4-14,16H,15,17H2,1-3H3/b5-4+. The number of aryl methyl sites for hydroxylation is 1. The van der Waals surface area contributed by atoms with E-state index in [4.69, 9.17) is 4.74 Å². The summed E-state index contributed by atoms with van der Waals surface area (Å²) in [6.45, 7) is 5.59. The number of para-hydroxylation sites is 1. The van der Waals surface area contributed by atoms with Gasteiger partial charge in [-0.25, -0.2) is 0 Å². The molecule has 0 N–H and O–H groups in total. The fourth-order valence-electron chi connectivity index (χ4n) is 2.97. The molecule has 3 rings (SSSR count). The number of allylic oxidation sites excluding steroid dienone is 1. The van der Waals surface area contributed by atoms with Crippen LogP contribution in [0.2, 0.25) is 0 Å². The lowest BCUT2D eigenvalue weighted by molar-refractivity contribution is 0.140. The van der Waals surface area contributed by atoms with Crippen molar-refractivity contribution in [3.63, 3.8) is 0 Å². The molecule has 0 aliphatic rings. The van der Waals surface area contributed by atoms with Crippen LogP contribution >= 0.6 is 11.8 Å². The average molecular weight is 352 g/mol. The highest BCUT2D eigenvalue weighted by molar-refractivity contribution is 8.00. The second-order valence-electron chi connectivity index (χ2n) is 6.38. The molecule has 0 aliphatic carbocycles. The van der Waals surface area contributed by atoms with Crippen molar-refractivity contribution in [2.24, 2.45) is 7.05 Å². The van der Waals surface area contributed by atoms with Gasteiger partial charge in [0.15, 0.2) is 0 Å². The lowest BCUT2D eigenvalue weighted by Crippen LogP contribution is -2.25. The molecular weight excluding hydrogens is 326 g/mol. The van der Waals surface area contributed by atoms with Crippen molar-refractivity contribution in [2.75, 3.05) is 13.2 Å². The molecule has 0 saturated carbocycles. The number of ether oxygens (including phenoxy) is 1. The molecule has 0 saturated heterocycles. The molecule has 1 unspecified atom stereocenters. The van der Waals surface area contributed by atoms with Crippen LogP contribution in [0.5, 0.6) is 0 Å². The number of aromatic nitrogens is 1. The van der Waals surface area contributed by atoms with Crippen LogP contribution in [0.15, 0.2) is 77.8 Å². The van der Waals surface area contributed by atoms with Crippen LogP contribution in [0.1, 0.15) is 19.4 Å². The lowest BCUT2D eigenvalue weighted by Gasteiger charge is -2.29. The molecule has 0 radical (unpaired) electrons. The molecule has 0 amide bonds. The van der Waals surface area contributed by atoms with Crippen LogP contribution in [0.25, 0.3) is 10.9 Å². The van der Waals surface area contributed by atoms with Crippen molar-refractivity contribution < 1.29 is 4.74 Å². The number of hydrogen-bond donors (Lipinski definition) is 0. The van der Waals surface area contributed by atoms with Gasteiger partial charge in [-0.3, -0.25) is 0 Å². The summed E-state index contributed by atoms with van der Waals surface area (Å²) in [6, 6.07) is 21.4. The van der Waals surface area contributed by atoms with Gasteiger partial charge in [-0.15, -0.1) is 0 Å². The number of hydrogen-bond acceptors (Lipinski definition) is 2. The minimum absolute atomic E-state index is 0.148. The maximum Gasteiger partial charge on any atom is 0.0765 e. The van der Waals surface area contributed by atoms with Gasteiger partial charge < -0.3 is 9.30 Å². The van der Waals surface area contributed by atoms with Crippen LogP contribution in [0, 0.1) is 0 Å². The Kier molecular flexibility index (Phi) is 5.67. The molecule has 130 valence electrons. The summed E-state index contributed by atoms with van der Waals surface area (Å²) >= 11 is 1.87. The molecule has 0 spiro atoms. The van der Waals surface area contributed by atoms with Crippen LogP contribution in [-0.4, -0.2) is 17.8 Å². The maximum absolute atomic E-state index is 5.96. The van der Waals surface area contributed by atoms with E-state index in [9.17, 15) is 0 Å². The first-order valence-corrected chi connectivity index (χ1v) is 9.43. The van der Waals surface area contributed by atoms with Crippen molar-refractivity contribution in [3.05, 3.63) is 78.4 Å². The molecule has 1 atom stereocenters. The van der Waals surface area contributed by atoms with E-state index in [0.29, 0.717) is 13.2 Å². The number of fused-ring (bicyclic) bond motifs is 1. The molecule has 2 nitrogen and oxygen atoms in total. The Bertz CT molecular complexity index is 853. The molecule has 1 heterocycles. The third-order valence-electron chi connectivity index (χ3n) is 4.45. The van der Waals surface area contributed by atoms with Crippen molar-refractivity contribution in [2.45, 2.75) is 23.6 Å². The molecule has 1 aromatic heterocycles. The summed E-state index contributed by atoms with van der Waals surface area (Å²) in [6.07, 6.45) is 4.07. The second kappa shape index (κ2) is 7.94. The van der Waals surface area contributed by atoms with Crippen molar-refractivity contribution in [1.29, 1.82) is 0 Å². The van der Waals surface area contributed by atoms with E-state index in [1.165, 1.54) is 21.5 Å². The first-order chi connectivity index (χ1) is 12.1. The second-order valence-corrected chi connectivity index (χ2v) is 7.91. The summed E-state index contributed by atoms with van der Waals surface area (Å²) in [5.74, 6) is 0. The highest BCUT2D eigenvalue weighted by Gasteiger charge is 2.29. The normalized spacial score (nSPS) is 14.2. The Morgan fingerprint density at radius 3 is 2.52 bits per heavy atom. The fraction of sp³-hybridized carbons (Fsp3) is 0.273. The predicted octanol–water partition coefficient (Wildman–Crippen LogP) is 5.78. The van der Waals surface area contributed by atoms with Gasteiger partial charge in [-0.1, -0.05) is 72.4 Å². The topological polar surface area (TPSA) is 14.2 Å². The van der Waals surface area contributed by atoms with Crippen molar-refractivity contribution in [1.82, 2.24) is 4.57 Å². The molecule has 0 aliphatic heterocycles. The van der Waals surface area contributed by atoms with Gasteiger partial charge in [-0.05, 0) is 31.5 Å². The van der Waals surface area contributed by atoms with Gasteiger partial charge in [-0.2, -0.15) is 0 Å². The third kappa shape index (κ3) is 4.00. The summed E-state index contributed by atoms with van der Waals surface area (Å²) in [7, 11) is 2.14. The van der Waals surface area contributed by atoms with Crippen LogP contribution in [0.3, 0.4) is 0 Å². The molecule has 25 heavy (non-hydrogen) atoms. The van der Waals surface area contributed by atoms with E-state index in [0.717, 1.165) is 0 Å². The Labute approximate surface area is 154 Å². The van der Waals surface area contributed by atoms with Gasteiger partial charge >= 0.3 is 0 Å². The van der Waals surface area contributed by atoms with E-state index in [2.05, 4.69) is 79.2 Å². The van der Waals surface area contributed by atoms with Crippen LogP contribution < -0.4 is 0 Å². The monoisotopic (exact) mass is 351 g/mol. The van der Waals surface area contributed by atoms with Gasteiger partial charge in [0, 0.05) is 18.0 Å². The molecule has 3 aromatic rings. The average Bonchev–Trinajstić information content (AvgIpc) is 2.95. The van der Waals surface area contributed by atoms with Crippen LogP contribution in [-0.2, 0) is 16.5 Å². The molecule has 3 heteroatoms. The van der Waals surface area contributed by atoms with E-state index < -0.39 is 0 Å². The zero-order chi connectivity index (χ0) is 17.7. The number of benzene rings is 2. The molecule has 2 aromatic carbocycles. The van der Waals surface area contributed by atoms with E-state index in [-0.39, 0.29) is 4.75 Å². The first kappa shape index (κ1) is 17.8. The number of nitrogens with zero attached hydrogens (tertiary/aromatic N) is 1. The highest BCUT2D eigenvalue weighted by atomic mass is 32.2. The quantitative estimate of drug-likeness (QED) is 0.304. The van der Waals surface area contributed by atoms with Gasteiger partial charge in [0.05, 0.1) is 23.0 Å². The largest absolute Gasteiger partial charge is 0.376 e. The SMILES string of the molecule is C/C=C/COCC(C)(Sc1cc2ccccc2n1C)c1ccccc1. The van der Waals surface area contributed by atoms with Crippen molar-refractivity contribution in [3.8, 4) is 0 Å². The summed E-state index contributed by atoms with van der Waals surface area (Å²) in [5, 5.41) is 2.53. The smallest absolute Gasteiger partial charge is 0.0765 e. The minimum Gasteiger partial charge on any atom is -0.376 e. The summed E-state index contributed by atoms with van der Waals surface area (Å²) < 4.78 is 8.09. The Hall–Kier alpha value is -1.97. The Morgan fingerprint density at radius 1 is 1.08 bits per heavy atom. The number of thioether (sulfide) groups is 1. The highest BCUT2D eigenvalue weighted by Crippen LogP contribution is 2.43. The molecular formula is C22H25NOS. The van der Waals surface area contributed by atoms with Crippen molar-refractivity contribution >= 4 is 22.7 Å². The maximum atomic E-state index is 5.96.